The van der Waals surface area contributed by atoms with Gasteiger partial charge in [0.25, 0.3) is 0 Å². The Kier molecular flexibility index (Phi) is 5.36. The summed E-state index contributed by atoms with van der Waals surface area (Å²) in [5, 5.41) is 2.76. The van der Waals surface area contributed by atoms with Crippen molar-refractivity contribution in [3.8, 4) is 11.1 Å². The zero-order chi connectivity index (χ0) is 26.3. The summed E-state index contributed by atoms with van der Waals surface area (Å²) in [6.07, 6.45) is 5.23. The Morgan fingerprint density at radius 2 is 1.97 bits per heavy atom. The lowest BCUT2D eigenvalue weighted by molar-refractivity contribution is -0.136. The minimum atomic E-state index is -0.626. The van der Waals surface area contributed by atoms with Gasteiger partial charge in [-0.05, 0) is 103 Å². The molecule has 4 aliphatic rings. The topological polar surface area (TPSA) is 87.3 Å². The molecular formula is C31H36N4O3. The first-order valence-corrected chi connectivity index (χ1v) is 14.1. The summed E-state index contributed by atoms with van der Waals surface area (Å²) >= 11 is 0. The number of nitrogens with one attached hydrogen (secondary N) is 2. The van der Waals surface area contributed by atoms with E-state index in [1.807, 2.05) is 18.7 Å². The van der Waals surface area contributed by atoms with Crippen LogP contribution in [0.1, 0.15) is 74.0 Å². The number of rotatable bonds is 5. The van der Waals surface area contributed by atoms with E-state index in [9.17, 15) is 9.59 Å². The molecule has 1 saturated heterocycles. The number of hydrogen-bond acceptors (Lipinski definition) is 4. The SMILES string of the molecule is COC(=O)N[C@H](C(=O)N1C2CC2C[C@H]1c1nc2ccc(-c3ccc(C)c4c3CC3CCC43)cc2[nH]1)C(C)C. The van der Waals surface area contributed by atoms with Crippen LogP contribution in [0.25, 0.3) is 22.2 Å². The van der Waals surface area contributed by atoms with E-state index in [1.54, 1.807) is 11.1 Å². The molecule has 3 aromatic rings. The van der Waals surface area contributed by atoms with Gasteiger partial charge in [0.2, 0.25) is 5.91 Å². The molecule has 38 heavy (non-hydrogen) atoms. The Labute approximate surface area is 223 Å². The fourth-order valence-corrected chi connectivity index (χ4v) is 7.48. The molecule has 0 spiro atoms. The Morgan fingerprint density at radius 3 is 2.71 bits per heavy atom. The molecule has 198 valence electrons. The molecule has 1 aromatic heterocycles. The summed E-state index contributed by atoms with van der Waals surface area (Å²) in [4.78, 5) is 36.2. The van der Waals surface area contributed by atoms with E-state index in [0.717, 1.165) is 41.5 Å². The molecule has 7 rings (SSSR count). The maximum Gasteiger partial charge on any atom is 0.407 e. The maximum atomic E-state index is 13.7. The van der Waals surface area contributed by atoms with E-state index in [-0.39, 0.29) is 23.9 Å². The predicted octanol–water partition coefficient (Wildman–Crippen LogP) is 5.63. The van der Waals surface area contributed by atoms with Crippen LogP contribution in [0.2, 0.25) is 0 Å². The van der Waals surface area contributed by atoms with E-state index in [0.29, 0.717) is 5.92 Å². The number of carbonyl (C=O) groups excluding carboxylic acids is 2. The predicted molar refractivity (Wildman–Crippen MR) is 146 cm³/mol. The monoisotopic (exact) mass is 512 g/mol. The van der Waals surface area contributed by atoms with Crippen LogP contribution in [0.15, 0.2) is 30.3 Å². The van der Waals surface area contributed by atoms with Crippen LogP contribution in [0.5, 0.6) is 0 Å². The van der Waals surface area contributed by atoms with Gasteiger partial charge in [-0.3, -0.25) is 4.79 Å². The third kappa shape index (κ3) is 3.57. The fraction of sp³-hybridized carbons (Fsp3) is 0.516. The highest BCUT2D eigenvalue weighted by Crippen LogP contribution is 2.55. The first kappa shape index (κ1) is 23.7. The minimum Gasteiger partial charge on any atom is -0.453 e. The number of hydrogen-bond donors (Lipinski definition) is 2. The molecule has 2 amide bonds. The van der Waals surface area contributed by atoms with Crippen LogP contribution >= 0.6 is 0 Å². The van der Waals surface area contributed by atoms with Gasteiger partial charge in [0.1, 0.15) is 11.9 Å². The number of amides is 2. The number of aromatic nitrogens is 2. The van der Waals surface area contributed by atoms with Crippen molar-refractivity contribution in [2.24, 2.45) is 17.8 Å². The van der Waals surface area contributed by atoms with E-state index in [2.05, 4.69) is 47.6 Å². The van der Waals surface area contributed by atoms with E-state index < -0.39 is 12.1 Å². The van der Waals surface area contributed by atoms with Crippen LogP contribution in [-0.2, 0) is 16.0 Å². The fourth-order valence-electron chi connectivity index (χ4n) is 7.48. The lowest BCUT2D eigenvalue weighted by Gasteiger charge is -2.31. The molecule has 2 heterocycles. The molecule has 2 N–H and O–H groups in total. The van der Waals surface area contributed by atoms with Gasteiger partial charge in [0, 0.05) is 6.04 Å². The molecule has 3 fully saturated rings. The zero-order valence-corrected chi connectivity index (χ0v) is 22.6. The second-order valence-corrected chi connectivity index (χ2v) is 12.2. The Balaban J connectivity index is 1.20. The van der Waals surface area contributed by atoms with Crippen LogP contribution in [0.3, 0.4) is 0 Å². The van der Waals surface area contributed by atoms with Gasteiger partial charge in [0.05, 0.1) is 24.2 Å². The number of fused-ring (bicyclic) bond motifs is 5. The molecule has 1 aliphatic heterocycles. The zero-order valence-electron chi connectivity index (χ0n) is 22.6. The second-order valence-electron chi connectivity index (χ2n) is 12.2. The third-order valence-corrected chi connectivity index (χ3v) is 9.71. The van der Waals surface area contributed by atoms with Gasteiger partial charge in [-0.2, -0.15) is 0 Å². The number of carbonyl (C=O) groups is 2. The lowest BCUT2D eigenvalue weighted by atomic mass is 9.73. The van der Waals surface area contributed by atoms with Gasteiger partial charge in [-0.25, -0.2) is 9.78 Å². The molecule has 4 unspecified atom stereocenters. The number of aromatic amines is 1. The molecule has 0 bridgehead atoms. The molecule has 7 heteroatoms. The van der Waals surface area contributed by atoms with Crippen molar-refractivity contribution in [1.29, 1.82) is 0 Å². The van der Waals surface area contributed by atoms with E-state index in [1.165, 1.54) is 43.1 Å². The standard InChI is InChI=1S/C31H36N4O3/c1-15(2)28(34-31(37)38-4)30(36)35-25-13-19(25)14-26(35)29-32-23-10-7-18(12-24(23)33-29)20-8-5-16(3)27-21-9-6-17(21)11-22(20)27/h5,7-8,10,12,15,17,19,21,25-26,28H,6,9,11,13-14H2,1-4H3,(H,32,33)(H,34,37)/t17?,19?,21?,25?,26-,28-/m0/s1. The first-order chi connectivity index (χ1) is 18.3. The Bertz CT molecular complexity index is 1460. The average molecular weight is 513 g/mol. The van der Waals surface area contributed by atoms with Gasteiger partial charge in [0.15, 0.2) is 0 Å². The van der Waals surface area contributed by atoms with Crippen LogP contribution in [0, 0.1) is 24.7 Å². The van der Waals surface area contributed by atoms with Crippen molar-refractivity contribution in [3.63, 3.8) is 0 Å². The third-order valence-electron chi connectivity index (χ3n) is 9.71. The van der Waals surface area contributed by atoms with Gasteiger partial charge in [-0.1, -0.05) is 32.0 Å². The average Bonchev–Trinajstić information content (AvgIpc) is 3.23. The summed E-state index contributed by atoms with van der Waals surface area (Å²) in [6, 6.07) is 10.6. The first-order valence-electron chi connectivity index (χ1n) is 14.1. The number of piperidine rings is 1. The quantitative estimate of drug-likeness (QED) is 0.464. The molecule has 6 atom stereocenters. The van der Waals surface area contributed by atoms with Crippen LogP contribution < -0.4 is 5.32 Å². The number of nitrogens with zero attached hydrogens (tertiary/aromatic N) is 2. The summed E-state index contributed by atoms with van der Waals surface area (Å²) in [5.41, 5.74) is 9.10. The largest absolute Gasteiger partial charge is 0.453 e. The highest BCUT2D eigenvalue weighted by atomic mass is 16.5. The van der Waals surface area contributed by atoms with Crippen molar-refractivity contribution in [1.82, 2.24) is 20.2 Å². The van der Waals surface area contributed by atoms with E-state index in [4.69, 9.17) is 9.72 Å². The van der Waals surface area contributed by atoms with Gasteiger partial charge < -0.3 is 19.9 Å². The number of aryl methyl sites for hydroxylation is 1. The van der Waals surface area contributed by atoms with Crippen molar-refractivity contribution < 1.29 is 14.3 Å². The number of benzene rings is 2. The number of likely N-dealkylation sites (tertiary alicyclic amines) is 1. The molecule has 7 nitrogen and oxygen atoms in total. The molecule has 2 aromatic carbocycles. The number of methoxy groups -OCH3 is 1. The number of ether oxygens (including phenoxy) is 1. The van der Waals surface area contributed by atoms with Gasteiger partial charge in [-0.15, -0.1) is 0 Å². The molecule has 0 radical (unpaired) electrons. The summed E-state index contributed by atoms with van der Waals surface area (Å²) < 4.78 is 4.79. The second kappa shape index (κ2) is 8.58. The molecule has 3 aliphatic carbocycles. The normalized spacial score (nSPS) is 27.5. The summed E-state index contributed by atoms with van der Waals surface area (Å²) in [6.45, 7) is 6.16. The number of imidazole rings is 1. The maximum absolute atomic E-state index is 13.7. The van der Waals surface area contributed by atoms with Gasteiger partial charge >= 0.3 is 6.09 Å². The van der Waals surface area contributed by atoms with Crippen molar-refractivity contribution in [2.45, 2.75) is 76.9 Å². The van der Waals surface area contributed by atoms with Crippen LogP contribution in [-0.4, -0.2) is 46.1 Å². The Morgan fingerprint density at radius 1 is 1.13 bits per heavy atom. The summed E-state index contributed by atoms with van der Waals surface area (Å²) in [7, 11) is 1.32. The van der Waals surface area contributed by atoms with Crippen molar-refractivity contribution in [2.75, 3.05) is 7.11 Å². The van der Waals surface area contributed by atoms with Crippen molar-refractivity contribution >= 4 is 23.0 Å². The minimum absolute atomic E-state index is 0.0496. The molecule has 2 saturated carbocycles. The lowest BCUT2D eigenvalue weighted by Crippen LogP contribution is -2.52. The Hall–Kier alpha value is -3.35. The summed E-state index contributed by atoms with van der Waals surface area (Å²) in [5.74, 6) is 2.83. The van der Waals surface area contributed by atoms with Crippen LogP contribution in [0.4, 0.5) is 4.79 Å². The number of alkyl carbamates (subject to hydrolysis) is 1. The highest BCUT2D eigenvalue weighted by Gasteiger charge is 2.56. The van der Waals surface area contributed by atoms with Crippen molar-refractivity contribution in [3.05, 3.63) is 52.8 Å². The molecular weight excluding hydrogens is 476 g/mol. The number of H-pyrrole nitrogens is 1. The highest BCUT2D eigenvalue weighted by molar-refractivity contribution is 5.88. The smallest absolute Gasteiger partial charge is 0.407 e. The van der Waals surface area contributed by atoms with E-state index >= 15 is 0 Å².